The zero-order valence-corrected chi connectivity index (χ0v) is 16.5. The molecule has 1 N–H and O–H groups in total. The number of rotatable bonds is 5. The van der Waals surface area contributed by atoms with Crippen LogP contribution in [0.15, 0.2) is 91.0 Å². The van der Waals surface area contributed by atoms with Crippen molar-refractivity contribution in [2.24, 2.45) is 0 Å². The van der Waals surface area contributed by atoms with Crippen molar-refractivity contribution in [1.82, 2.24) is 4.98 Å². The molecule has 24 heavy (non-hydrogen) atoms. The van der Waals surface area contributed by atoms with E-state index in [0.29, 0.717) is 0 Å². The normalized spacial score (nSPS) is 10.8. The molecule has 0 saturated carbocycles. The van der Waals surface area contributed by atoms with E-state index in [4.69, 9.17) is 0 Å². The molecule has 3 aromatic carbocycles. The summed E-state index contributed by atoms with van der Waals surface area (Å²) in [5, 5.41) is 1.34. The van der Waals surface area contributed by atoms with Gasteiger partial charge in [-0.25, -0.2) is 0 Å². The molecule has 1 heterocycles. The van der Waals surface area contributed by atoms with Crippen molar-refractivity contribution < 1.29 is 27.4 Å². The third-order valence-corrected chi connectivity index (χ3v) is 12.3. The summed E-state index contributed by atoms with van der Waals surface area (Å²) >= 11 is -2.01. The van der Waals surface area contributed by atoms with Crippen LogP contribution in [0.25, 0.3) is 10.9 Å². The van der Waals surface area contributed by atoms with E-state index in [9.17, 15) is 0 Å². The number of para-hydroxylation sites is 1. The Morgan fingerprint density at radius 1 is 0.625 bits per heavy atom. The molecule has 0 fully saturated rings. The SMILES string of the molecule is c1ccc([CH2][Y]([CH2]c2ccccc2)[c]2cc3ccccc3[nH]2)cc1. The molecule has 2 heteroatoms. The van der Waals surface area contributed by atoms with Crippen molar-refractivity contribution >= 4 is 13.4 Å². The maximum atomic E-state index is 3.73. The van der Waals surface area contributed by atoms with Gasteiger partial charge in [-0.1, -0.05) is 0 Å². The van der Waals surface area contributed by atoms with E-state index in [1.54, 1.807) is 0 Å². The van der Waals surface area contributed by atoms with Crippen LogP contribution >= 0.6 is 0 Å². The molecule has 0 unspecified atom stereocenters. The van der Waals surface area contributed by atoms with E-state index in [2.05, 4.69) is 96.0 Å². The van der Waals surface area contributed by atoms with Gasteiger partial charge in [0, 0.05) is 0 Å². The number of fused-ring (bicyclic) bond motifs is 1. The summed E-state index contributed by atoms with van der Waals surface area (Å²) in [6.45, 7) is 0. The maximum absolute atomic E-state index is 3.73. The molecular formula is C22H20NY. The number of hydrogen-bond donors (Lipinski definition) is 1. The zero-order valence-electron chi connectivity index (χ0n) is 13.7. The van der Waals surface area contributed by atoms with Gasteiger partial charge in [0.1, 0.15) is 0 Å². The van der Waals surface area contributed by atoms with Crippen molar-refractivity contribution in [3.8, 4) is 0 Å². The fraction of sp³-hybridized carbons (Fsp3) is 0.0909. The second kappa shape index (κ2) is 7.46. The Bertz CT molecular complexity index is 838. The van der Waals surface area contributed by atoms with Crippen molar-refractivity contribution in [2.75, 3.05) is 0 Å². The van der Waals surface area contributed by atoms with Crippen LogP contribution in [0, 0.1) is 0 Å². The van der Waals surface area contributed by atoms with Gasteiger partial charge in [0.2, 0.25) is 0 Å². The molecule has 0 atom stereocenters. The Morgan fingerprint density at radius 3 is 1.75 bits per heavy atom. The first kappa shape index (κ1) is 15.8. The van der Waals surface area contributed by atoms with Gasteiger partial charge in [-0.2, -0.15) is 0 Å². The van der Waals surface area contributed by atoms with Gasteiger partial charge < -0.3 is 0 Å². The summed E-state index contributed by atoms with van der Waals surface area (Å²) in [7, 11) is 0. The van der Waals surface area contributed by atoms with Gasteiger partial charge in [-0.05, 0) is 0 Å². The Kier molecular flexibility index (Phi) is 4.92. The Morgan fingerprint density at radius 2 is 1.17 bits per heavy atom. The number of aromatic amines is 1. The molecule has 0 spiro atoms. The summed E-state index contributed by atoms with van der Waals surface area (Å²) in [6, 6.07) is 33.0. The van der Waals surface area contributed by atoms with Crippen LogP contribution in [0.2, 0.25) is 0 Å². The minimum atomic E-state index is -2.01. The third-order valence-electron chi connectivity index (χ3n) is 4.64. The van der Waals surface area contributed by atoms with Crippen molar-refractivity contribution in [3.05, 3.63) is 102 Å². The zero-order chi connectivity index (χ0) is 16.2. The van der Waals surface area contributed by atoms with Crippen LogP contribution in [0.3, 0.4) is 0 Å². The summed E-state index contributed by atoms with van der Waals surface area (Å²) in [4.78, 5) is 3.73. The van der Waals surface area contributed by atoms with Gasteiger partial charge >= 0.3 is 154 Å². The van der Waals surface area contributed by atoms with E-state index in [1.807, 2.05) is 0 Å². The molecule has 4 rings (SSSR count). The minimum absolute atomic E-state index is 1.25. The first-order valence-corrected chi connectivity index (χ1v) is 14.0. The van der Waals surface area contributed by atoms with Crippen molar-refractivity contribution in [3.63, 3.8) is 0 Å². The Balaban J connectivity index is 1.68. The van der Waals surface area contributed by atoms with Crippen molar-refractivity contribution in [1.29, 1.82) is 0 Å². The summed E-state index contributed by atoms with van der Waals surface area (Å²) < 4.78 is 4.04. The number of H-pyrrole nitrogens is 1. The Labute approximate surface area is 153 Å². The van der Waals surface area contributed by atoms with Crippen LogP contribution < -0.4 is 2.50 Å². The number of nitrogens with one attached hydrogen (secondary N) is 1. The van der Waals surface area contributed by atoms with E-state index >= 15 is 0 Å². The van der Waals surface area contributed by atoms with Crippen LogP contribution in [0.4, 0.5) is 0 Å². The molecule has 0 amide bonds. The molecule has 0 aliphatic heterocycles. The van der Waals surface area contributed by atoms with Crippen LogP contribution in [-0.4, -0.2) is 4.98 Å². The topological polar surface area (TPSA) is 15.8 Å². The first-order valence-electron chi connectivity index (χ1n) is 8.54. The fourth-order valence-electron chi connectivity index (χ4n) is 3.41. The second-order valence-electron chi connectivity index (χ2n) is 6.39. The average Bonchev–Trinajstić information content (AvgIpc) is 3.07. The average molecular weight is 387 g/mol. The van der Waals surface area contributed by atoms with Gasteiger partial charge in [0.05, 0.1) is 0 Å². The molecule has 0 radical (unpaired) electrons. The quantitative estimate of drug-likeness (QED) is 0.506. The van der Waals surface area contributed by atoms with Gasteiger partial charge in [-0.3, -0.25) is 0 Å². The van der Waals surface area contributed by atoms with Gasteiger partial charge in [-0.15, -0.1) is 0 Å². The number of aromatic nitrogens is 1. The standard InChI is InChI=1S/C8H6N.2C7H7.Y/c1-2-4-8-7(3-1)5-6-9-8;2*1-7-5-3-2-4-6-7;/h1-5,9H;2*2-6H,1H2;. The van der Waals surface area contributed by atoms with Crippen molar-refractivity contribution in [2.45, 2.75) is 6.46 Å². The first-order chi connectivity index (χ1) is 11.9. The number of benzene rings is 3. The summed E-state index contributed by atoms with van der Waals surface area (Å²) in [5.74, 6) is 0. The van der Waals surface area contributed by atoms with E-state index in [0.717, 1.165) is 0 Å². The summed E-state index contributed by atoms with van der Waals surface area (Å²) in [5.41, 5.74) is 4.23. The monoisotopic (exact) mass is 387 g/mol. The predicted molar refractivity (Wildman–Crippen MR) is 98.2 cm³/mol. The molecule has 116 valence electrons. The van der Waals surface area contributed by atoms with E-state index in [-0.39, 0.29) is 0 Å². The van der Waals surface area contributed by atoms with Crippen LogP contribution in [0.5, 0.6) is 0 Å². The van der Waals surface area contributed by atoms with E-state index in [1.165, 1.54) is 31.0 Å². The third kappa shape index (κ3) is 3.69. The molecule has 0 aliphatic carbocycles. The molecule has 0 saturated heterocycles. The van der Waals surface area contributed by atoms with E-state index < -0.39 is 27.4 Å². The molecule has 4 aromatic rings. The number of hydrogen-bond acceptors (Lipinski definition) is 0. The van der Waals surface area contributed by atoms with Gasteiger partial charge in [0.15, 0.2) is 0 Å². The Hall–Kier alpha value is -1.70. The van der Waals surface area contributed by atoms with Gasteiger partial charge in [0.25, 0.3) is 0 Å². The second-order valence-corrected chi connectivity index (χ2v) is 13.4. The molecule has 0 bridgehead atoms. The molecule has 1 nitrogen and oxygen atoms in total. The predicted octanol–water partition coefficient (Wildman–Crippen LogP) is 4.81. The molecular weight excluding hydrogens is 367 g/mol. The molecule has 0 aliphatic rings. The fourth-order valence-corrected chi connectivity index (χ4v) is 10.9. The summed E-state index contributed by atoms with van der Waals surface area (Å²) in [6.07, 6.45) is 0. The van der Waals surface area contributed by atoms with Crippen LogP contribution in [-0.2, 0) is 33.9 Å². The molecule has 1 aromatic heterocycles. The van der Waals surface area contributed by atoms with Crippen LogP contribution in [0.1, 0.15) is 11.1 Å².